The van der Waals surface area contributed by atoms with Crippen molar-refractivity contribution >= 4 is 8.56 Å². The van der Waals surface area contributed by atoms with Gasteiger partial charge in [-0.25, -0.2) is 0 Å². The highest BCUT2D eigenvalue weighted by atomic mass is 28.4. The summed E-state index contributed by atoms with van der Waals surface area (Å²) in [6, 6.07) is 0.897. The third-order valence-corrected chi connectivity index (χ3v) is 5.60. The highest BCUT2D eigenvalue weighted by molar-refractivity contribution is 6.66. The first-order valence-corrected chi connectivity index (χ1v) is 10.1. The molecule has 0 radical (unpaired) electrons. The Kier molecular flexibility index (Phi) is 11.5. The molecule has 0 aromatic rings. The van der Waals surface area contributed by atoms with E-state index in [0.717, 1.165) is 50.5 Å². The van der Waals surface area contributed by atoms with Crippen LogP contribution in [-0.4, -0.2) is 35.0 Å². The summed E-state index contributed by atoms with van der Waals surface area (Å²) in [7, 11) is -2.05. The van der Waals surface area contributed by atoms with Gasteiger partial charge in [0.1, 0.15) is 0 Å². The van der Waals surface area contributed by atoms with Gasteiger partial charge < -0.3 is 13.6 Å². The number of ether oxygens (including phenoxy) is 1. The molecule has 0 aliphatic rings. The number of rotatable bonds is 13. The van der Waals surface area contributed by atoms with Crippen molar-refractivity contribution in [1.82, 2.24) is 0 Å². The molecule has 0 saturated carbocycles. The monoisotopic (exact) mass is 288 g/mol. The first kappa shape index (κ1) is 18.8. The van der Waals surface area contributed by atoms with Crippen molar-refractivity contribution in [3.05, 3.63) is 12.2 Å². The number of hydrogen-bond acceptors (Lipinski definition) is 3. The highest BCUT2D eigenvalue weighted by Crippen LogP contribution is 2.15. The summed E-state index contributed by atoms with van der Waals surface area (Å²) in [6.45, 7) is 15.3. The van der Waals surface area contributed by atoms with Gasteiger partial charge in [-0.15, -0.1) is 0 Å². The van der Waals surface area contributed by atoms with E-state index in [1.54, 1.807) is 0 Å². The third kappa shape index (κ3) is 11.4. The third-order valence-electron chi connectivity index (χ3n) is 2.86. The normalized spacial score (nSPS) is 11.8. The SMILES string of the molecule is C=C(C)COCC[Si](C)(OCCCC)OCCCC. The lowest BCUT2D eigenvalue weighted by atomic mass is 10.4. The van der Waals surface area contributed by atoms with Crippen LogP contribution in [0.5, 0.6) is 0 Å². The minimum Gasteiger partial charge on any atom is -0.394 e. The van der Waals surface area contributed by atoms with Crippen LogP contribution in [0.1, 0.15) is 46.5 Å². The van der Waals surface area contributed by atoms with E-state index < -0.39 is 8.56 Å². The summed E-state index contributed by atoms with van der Waals surface area (Å²) in [5.41, 5.74) is 1.06. The Morgan fingerprint density at radius 2 is 1.53 bits per heavy atom. The molecule has 0 bridgehead atoms. The van der Waals surface area contributed by atoms with Gasteiger partial charge in [-0.05, 0) is 26.3 Å². The molecule has 0 amide bonds. The van der Waals surface area contributed by atoms with Gasteiger partial charge in [0, 0.05) is 25.9 Å². The van der Waals surface area contributed by atoms with Gasteiger partial charge in [0.2, 0.25) is 0 Å². The van der Waals surface area contributed by atoms with Gasteiger partial charge in [0.15, 0.2) is 0 Å². The summed E-state index contributed by atoms with van der Waals surface area (Å²) in [5.74, 6) is 0. The van der Waals surface area contributed by atoms with E-state index in [1.807, 2.05) is 6.92 Å². The predicted molar refractivity (Wildman–Crippen MR) is 83.8 cm³/mol. The van der Waals surface area contributed by atoms with Gasteiger partial charge in [-0.1, -0.05) is 38.8 Å². The highest BCUT2D eigenvalue weighted by Gasteiger charge is 2.31. The summed E-state index contributed by atoms with van der Waals surface area (Å²) in [6.07, 6.45) is 4.52. The lowest BCUT2D eigenvalue weighted by Gasteiger charge is -2.27. The molecule has 0 aromatic heterocycles. The van der Waals surface area contributed by atoms with E-state index in [4.69, 9.17) is 13.6 Å². The van der Waals surface area contributed by atoms with Crippen LogP contribution < -0.4 is 0 Å². The minimum absolute atomic E-state index is 0.633. The molecule has 0 unspecified atom stereocenters. The van der Waals surface area contributed by atoms with E-state index in [9.17, 15) is 0 Å². The van der Waals surface area contributed by atoms with Crippen molar-refractivity contribution in [2.45, 2.75) is 59.0 Å². The second kappa shape index (κ2) is 11.6. The molecule has 0 aliphatic heterocycles. The lowest BCUT2D eigenvalue weighted by Crippen LogP contribution is -2.40. The maximum absolute atomic E-state index is 6.04. The topological polar surface area (TPSA) is 27.7 Å². The summed E-state index contributed by atoms with van der Waals surface area (Å²) < 4.78 is 17.7. The van der Waals surface area contributed by atoms with Crippen molar-refractivity contribution in [3.63, 3.8) is 0 Å². The zero-order valence-electron chi connectivity index (χ0n) is 13.3. The van der Waals surface area contributed by atoms with E-state index in [2.05, 4.69) is 27.0 Å². The van der Waals surface area contributed by atoms with Crippen LogP contribution >= 0.6 is 0 Å². The van der Waals surface area contributed by atoms with Gasteiger partial charge >= 0.3 is 8.56 Å². The molecular formula is C15H32O3Si. The molecule has 0 heterocycles. The number of unbranched alkanes of at least 4 members (excludes halogenated alkanes) is 2. The van der Waals surface area contributed by atoms with Crippen molar-refractivity contribution in [2.24, 2.45) is 0 Å². The van der Waals surface area contributed by atoms with Crippen LogP contribution in [-0.2, 0) is 13.6 Å². The Bertz CT molecular complexity index is 221. The van der Waals surface area contributed by atoms with Crippen LogP contribution in [0.3, 0.4) is 0 Å². The largest absolute Gasteiger partial charge is 0.394 e. The Hall–Kier alpha value is -0.163. The van der Waals surface area contributed by atoms with Gasteiger partial charge in [0.25, 0.3) is 0 Å². The summed E-state index contributed by atoms with van der Waals surface area (Å²) >= 11 is 0. The van der Waals surface area contributed by atoms with Crippen molar-refractivity contribution < 1.29 is 13.6 Å². The molecule has 0 N–H and O–H groups in total. The first-order valence-electron chi connectivity index (χ1n) is 7.54. The van der Waals surface area contributed by atoms with Gasteiger partial charge in [-0.3, -0.25) is 0 Å². The number of hydrogen-bond donors (Lipinski definition) is 0. The first-order chi connectivity index (χ1) is 9.04. The van der Waals surface area contributed by atoms with Gasteiger partial charge in [-0.2, -0.15) is 0 Å². The van der Waals surface area contributed by atoms with Crippen LogP contribution in [0.2, 0.25) is 12.6 Å². The summed E-state index contributed by atoms with van der Waals surface area (Å²) in [4.78, 5) is 0. The van der Waals surface area contributed by atoms with Crippen LogP contribution in [0.4, 0.5) is 0 Å². The van der Waals surface area contributed by atoms with E-state index >= 15 is 0 Å². The van der Waals surface area contributed by atoms with Crippen LogP contribution in [0.15, 0.2) is 12.2 Å². The zero-order valence-corrected chi connectivity index (χ0v) is 14.3. The molecule has 114 valence electrons. The maximum atomic E-state index is 6.04. The molecule has 0 fully saturated rings. The molecule has 0 atom stereocenters. The molecule has 0 spiro atoms. The summed E-state index contributed by atoms with van der Waals surface area (Å²) in [5, 5.41) is 0. The van der Waals surface area contributed by atoms with E-state index in [-0.39, 0.29) is 0 Å². The van der Waals surface area contributed by atoms with E-state index in [0.29, 0.717) is 13.2 Å². The molecule has 19 heavy (non-hydrogen) atoms. The Labute approximate surface area is 120 Å². The quantitative estimate of drug-likeness (QED) is 0.287. The molecule has 3 nitrogen and oxygen atoms in total. The molecule has 0 rings (SSSR count). The van der Waals surface area contributed by atoms with E-state index in [1.165, 1.54) is 0 Å². The maximum Gasteiger partial charge on any atom is 0.337 e. The average Bonchev–Trinajstić information content (AvgIpc) is 2.35. The van der Waals surface area contributed by atoms with Crippen LogP contribution in [0.25, 0.3) is 0 Å². The fraction of sp³-hybridized carbons (Fsp3) is 0.867. The smallest absolute Gasteiger partial charge is 0.337 e. The van der Waals surface area contributed by atoms with Crippen molar-refractivity contribution in [2.75, 3.05) is 26.4 Å². The fourth-order valence-electron chi connectivity index (χ4n) is 1.55. The standard InChI is InChI=1S/C15H32O3Si/c1-6-8-10-17-19(5,18-11-9-7-2)13-12-16-14-15(3)4/h3,6-14H2,1-2,4-5H3. The van der Waals surface area contributed by atoms with Crippen LogP contribution in [0, 0.1) is 0 Å². The zero-order chi connectivity index (χ0) is 14.6. The Morgan fingerprint density at radius 1 is 1.00 bits per heavy atom. The second-order valence-corrected chi connectivity index (χ2v) is 8.64. The Balaban J connectivity index is 4.02. The van der Waals surface area contributed by atoms with Crippen molar-refractivity contribution in [1.29, 1.82) is 0 Å². The average molecular weight is 289 g/mol. The fourth-order valence-corrected chi connectivity index (χ4v) is 3.59. The molecule has 4 heteroatoms. The molecule has 0 aliphatic carbocycles. The van der Waals surface area contributed by atoms with Crippen molar-refractivity contribution in [3.8, 4) is 0 Å². The minimum atomic E-state index is -2.05. The molecule has 0 aromatic carbocycles. The molecular weight excluding hydrogens is 256 g/mol. The lowest BCUT2D eigenvalue weighted by molar-refractivity contribution is 0.135. The second-order valence-electron chi connectivity index (χ2n) is 5.30. The predicted octanol–water partition coefficient (Wildman–Crippen LogP) is 4.28. The molecule has 0 saturated heterocycles. The Morgan fingerprint density at radius 3 is 1.95 bits per heavy atom. The van der Waals surface area contributed by atoms with Gasteiger partial charge in [0.05, 0.1) is 6.61 Å².